The van der Waals surface area contributed by atoms with E-state index in [-0.39, 0.29) is 17.9 Å². The predicted octanol–water partition coefficient (Wildman–Crippen LogP) is -0.780. The molecule has 2 aliphatic heterocycles. The van der Waals surface area contributed by atoms with Crippen LogP contribution in [0.25, 0.3) is 0 Å². The summed E-state index contributed by atoms with van der Waals surface area (Å²) in [4.78, 5) is 36.6. The summed E-state index contributed by atoms with van der Waals surface area (Å²) >= 11 is 0. The van der Waals surface area contributed by atoms with Gasteiger partial charge < -0.3 is 20.3 Å². The Balaban J connectivity index is 2.05. The lowest BCUT2D eigenvalue weighted by atomic mass is 10.1. The van der Waals surface area contributed by atoms with E-state index in [0.29, 0.717) is 19.4 Å². The average Bonchev–Trinajstić information content (AvgIpc) is 2.78. The summed E-state index contributed by atoms with van der Waals surface area (Å²) in [6, 6.07) is -1.14. The first kappa shape index (κ1) is 12.7. The summed E-state index contributed by atoms with van der Waals surface area (Å²) in [5, 5.41) is 5.32. The molecule has 0 spiro atoms. The van der Waals surface area contributed by atoms with Crippen LogP contribution in [-0.2, 0) is 14.3 Å². The molecule has 7 nitrogen and oxygen atoms in total. The number of piperazine rings is 1. The minimum absolute atomic E-state index is 0.0729. The molecule has 0 saturated carbocycles. The van der Waals surface area contributed by atoms with E-state index in [1.165, 1.54) is 7.11 Å². The van der Waals surface area contributed by atoms with Crippen molar-refractivity contribution in [3.63, 3.8) is 0 Å². The maximum atomic E-state index is 12.1. The number of rotatable bonds is 2. The molecule has 0 aromatic carbocycles. The van der Waals surface area contributed by atoms with Gasteiger partial charge in [-0.1, -0.05) is 6.92 Å². The second-order valence-electron chi connectivity index (χ2n) is 4.54. The summed E-state index contributed by atoms with van der Waals surface area (Å²) in [6.07, 6.45) is 0.464. The Morgan fingerprint density at radius 3 is 2.89 bits per heavy atom. The first-order chi connectivity index (χ1) is 8.56. The van der Waals surface area contributed by atoms with Gasteiger partial charge in [0.05, 0.1) is 13.2 Å². The second kappa shape index (κ2) is 4.83. The van der Waals surface area contributed by atoms with Crippen LogP contribution < -0.4 is 10.6 Å². The van der Waals surface area contributed by atoms with Gasteiger partial charge in [-0.05, 0) is 12.8 Å². The van der Waals surface area contributed by atoms with Crippen molar-refractivity contribution in [1.29, 1.82) is 0 Å². The Morgan fingerprint density at radius 1 is 1.56 bits per heavy atom. The van der Waals surface area contributed by atoms with E-state index in [1.807, 2.05) is 6.92 Å². The fourth-order valence-electron chi connectivity index (χ4n) is 2.46. The molecular weight excluding hydrogens is 238 g/mol. The van der Waals surface area contributed by atoms with Gasteiger partial charge in [-0.25, -0.2) is 4.79 Å². The first-order valence-corrected chi connectivity index (χ1v) is 6.02. The Labute approximate surface area is 105 Å². The van der Waals surface area contributed by atoms with Crippen LogP contribution in [0.5, 0.6) is 0 Å². The van der Waals surface area contributed by atoms with E-state index >= 15 is 0 Å². The van der Waals surface area contributed by atoms with Crippen molar-refractivity contribution in [2.75, 3.05) is 13.7 Å². The van der Waals surface area contributed by atoms with E-state index in [4.69, 9.17) is 0 Å². The van der Waals surface area contributed by atoms with Gasteiger partial charge in [0.25, 0.3) is 0 Å². The Kier molecular flexibility index (Phi) is 3.40. The summed E-state index contributed by atoms with van der Waals surface area (Å²) in [5.41, 5.74) is 0. The number of fused-ring (bicyclic) bond motifs is 1. The molecule has 0 radical (unpaired) electrons. The normalized spacial score (nSPS) is 30.8. The number of amides is 3. The topological polar surface area (TPSA) is 87.7 Å². The van der Waals surface area contributed by atoms with Crippen molar-refractivity contribution in [1.82, 2.24) is 15.5 Å². The lowest BCUT2D eigenvalue weighted by molar-refractivity contribution is -0.147. The summed E-state index contributed by atoms with van der Waals surface area (Å²) in [7, 11) is 1.28. The molecule has 0 aliphatic carbocycles. The zero-order valence-electron chi connectivity index (χ0n) is 10.4. The van der Waals surface area contributed by atoms with Crippen LogP contribution in [0.4, 0.5) is 4.79 Å². The standard InChI is InChI=1S/C11H17N3O4/c1-3-7-10(16)14-5-6(12-11(17)18-2)4-8(14)9(15)13-7/h6-8H,3-5H2,1-2H3,(H,12,17)(H,13,15)/t6-,7-,8-/m0/s1. The molecule has 3 amide bonds. The molecule has 2 N–H and O–H groups in total. The molecule has 2 fully saturated rings. The average molecular weight is 255 g/mol. The van der Waals surface area contributed by atoms with Crippen molar-refractivity contribution in [3.8, 4) is 0 Å². The molecule has 2 heterocycles. The number of methoxy groups -OCH3 is 1. The maximum Gasteiger partial charge on any atom is 0.407 e. The lowest BCUT2D eigenvalue weighted by Crippen LogP contribution is -2.60. The molecule has 2 aliphatic rings. The molecule has 7 heteroatoms. The third-order valence-corrected chi connectivity index (χ3v) is 3.42. The fourth-order valence-corrected chi connectivity index (χ4v) is 2.46. The summed E-state index contributed by atoms with van der Waals surface area (Å²) in [6.45, 7) is 2.21. The van der Waals surface area contributed by atoms with Crippen molar-refractivity contribution < 1.29 is 19.1 Å². The highest BCUT2D eigenvalue weighted by molar-refractivity contribution is 5.97. The third-order valence-electron chi connectivity index (χ3n) is 3.42. The molecule has 0 bridgehead atoms. The minimum Gasteiger partial charge on any atom is -0.453 e. The predicted molar refractivity (Wildman–Crippen MR) is 61.7 cm³/mol. The fraction of sp³-hybridized carbons (Fsp3) is 0.727. The molecule has 18 heavy (non-hydrogen) atoms. The third kappa shape index (κ3) is 2.12. The van der Waals surface area contributed by atoms with E-state index in [9.17, 15) is 14.4 Å². The highest BCUT2D eigenvalue weighted by Gasteiger charge is 2.46. The van der Waals surface area contributed by atoms with E-state index in [0.717, 1.165) is 0 Å². The molecule has 3 atom stereocenters. The van der Waals surface area contributed by atoms with Crippen LogP contribution in [0.2, 0.25) is 0 Å². The molecular formula is C11H17N3O4. The Bertz CT molecular complexity index is 384. The van der Waals surface area contributed by atoms with Crippen molar-refractivity contribution in [2.45, 2.75) is 37.9 Å². The number of alkyl carbamates (subject to hydrolysis) is 1. The highest BCUT2D eigenvalue weighted by Crippen LogP contribution is 2.23. The number of nitrogens with one attached hydrogen (secondary N) is 2. The van der Waals surface area contributed by atoms with Gasteiger partial charge in [0.15, 0.2) is 0 Å². The molecule has 0 unspecified atom stereocenters. The number of nitrogens with zero attached hydrogens (tertiary/aromatic N) is 1. The van der Waals surface area contributed by atoms with Gasteiger partial charge in [-0.2, -0.15) is 0 Å². The largest absolute Gasteiger partial charge is 0.453 e. The zero-order chi connectivity index (χ0) is 13.3. The molecule has 0 aromatic rings. The Hall–Kier alpha value is -1.79. The number of carbonyl (C=O) groups excluding carboxylic acids is 3. The van der Waals surface area contributed by atoms with Crippen LogP contribution in [0.3, 0.4) is 0 Å². The maximum absolute atomic E-state index is 12.1. The molecule has 2 rings (SSSR count). The smallest absolute Gasteiger partial charge is 0.407 e. The van der Waals surface area contributed by atoms with E-state index in [2.05, 4.69) is 15.4 Å². The van der Waals surface area contributed by atoms with Gasteiger partial charge in [0.2, 0.25) is 11.8 Å². The van der Waals surface area contributed by atoms with Crippen LogP contribution in [0.15, 0.2) is 0 Å². The number of hydrogen-bond donors (Lipinski definition) is 2. The van der Waals surface area contributed by atoms with Crippen LogP contribution in [-0.4, -0.2) is 54.6 Å². The molecule has 0 aromatic heterocycles. The van der Waals surface area contributed by atoms with Gasteiger partial charge in [0, 0.05) is 6.54 Å². The van der Waals surface area contributed by atoms with Crippen LogP contribution in [0, 0.1) is 0 Å². The van der Waals surface area contributed by atoms with Gasteiger partial charge in [-0.3, -0.25) is 9.59 Å². The van der Waals surface area contributed by atoms with Crippen LogP contribution in [0.1, 0.15) is 19.8 Å². The number of carbonyl (C=O) groups is 3. The van der Waals surface area contributed by atoms with Crippen molar-refractivity contribution in [3.05, 3.63) is 0 Å². The van der Waals surface area contributed by atoms with E-state index in [1.54, 1.807) is 4.90 Å². The van der Waals surface area contributed by atoms with Crippen molar-refractivity contribution >= 4 is 17.9 Å². The molecule has 100 valence electrons. The Morgan fingerprint density at radius 2 is 2.28 bits per heavy atom. The summed E-state index contributed by atoms with van der Waals surface area (Å²) < 4.78 is 4.51. The summed E-state index contributed by atoms with van der Waals surface area (Å²) in [5.74, 6) is -0.216. The first-order valence-electron chi connectivity index (χ1n) is 6.02. The second-order valence-corrected chi connectivity index (χ2v) is 4.54. The van der Waals surface area contributed by atoms with Crippen molar-refractivity contribution in [2.24, 2.45) is 0 Å². The SMILES string of the molecule is CC[C@@H]1NC(=O)[C@@H]2C[C@H](NC(=O)OC)CN2C1=O. The van der Waals surface area contributed by atoms with Crippen LogP contribution >= 0.6 is 0 Å². The molecule has 2 saturated heterocycles. The van der Waals surface area contributed by atoms with Gasteiger partial charge in [-0.15, -0.1) is 0 Å². The highest BCUT2D eigenvalue weighted by atomic mass is 16.5. The minimum atomic E-state index is -0.542. The monoisotopic (exact) mass is 255 g/mol. The lowest BCUT2D eigenvalue weighted by Gasteiger charge is -2.33. The van der Waals surface area contributed by atoms with E-state index < -0.39 is 18.2 Å². The number of ether oxygens (including phenoxy) is 1. The van der Waals surface area contributed by atoms with Gasteiger partial charge >= 0.3 is 6.09 Å². The quantitative estimate of drug-likeness (QED) is 0.677. The van der Waals surface area contributed by atoms with Gasteiger partial charge in [0.1, 0.15) is 12.1 Å². The zero-order valence-corrected chi connectivity index (χ0v) is 10.4. The number of hydrogen-bond acceptors (Lipinski definition) is 4.